The Kier molecular flexibility index (Phi) is 3.66. The third-order valence-corrected chi connectivity index (χ3v) is 3.09. The Morgan fingerprint density at radius 2 is 2.00 bits per heavy atom. The maximum absolute atomic E-state index is 12.3. The summed E-state index contributed by atoms with van der Waals surface area (Å²) in [6, 6.07) is 8.00. The second kappa shape index (κ2) is 5.12. The predicted molar refractivity (Wildman–Crippen MR) is 80.2 cm³/mol. The summed E-state index contributed by atoms with van der Waals surface area (Å²) in [7, 11) is 1.49. The highest BCUT2D eigenvalue weighted by Gasteiger charge is 2.45. The Labute approximate surface area is 119 Å². The SMILES string of the molecule is CON=C1/C(=C\c2cccc(C)c2)C(=O)N1C(C)(C)C. The van der Waals surface area contributed by atoms with Crippen LogP contribution >= 0.6 is 0 Å². The van der Waals surface area contributed by atoms with Crippen LogP contribution in [-0.4, -0.2) is 29.3 Å². The number of hydrogen-bond donors (Lipinski definition) is 0. The molecule has 2 rings (SSSR count). The molecule has 1 saturated heterocycles. The van der Waals surface area contributed by atoms with Gasteiger partial charge in [-0.2, -0.15) is 0 Å². The highest BCUT2D eigenvalue weighted by atomic mass is 16.6. The number of nitrogens with zero attached hydrogens (tertiary/aromatic N) is 2. The van der Waals surface area contributed by atoms with E-state index in [2.05, 4.69) is 5.16 Å². The zero-order chi connectivity index (χ0) is 14.9. The van der Waals surface area contributed by atoms with Crippen LogP contribution in [0.5, 0.6) is 0 Å². The quantitative estimate of drug-likeness (QED) is 0.472. The van der Waals surface area contributed by atoms with E-state index in [1.165, 1.54) is 7.11 Å². The molecule has 4 nitrogen and oxygen atoms in total. The molecule has 1 aromatic rings. The lowest BCUT2D eigenvalue weighted by molar-refractivity contribution is -0.129. The van der Waals surface area contributed by atoms with E-state index in [-0.39, 0.29) is 11.4 Å². The average molecular weight is 272 g/mol. The molecule has 106 valence electrons. The van der Waals surface area contributed by atoms with Crippen molar-refractivity contribution in [3.8, 4) is 0 Å². The minimum atomic E-state index is -0.307. The van der Waals surface area contributed by atoms with Gasteiger partial charge >= 0.3 is 0 Å². The summed E-state index contributed by atoms with van der Waals surface area (Å²) < 4.78 is 0. The van der Waals surface area contributed by atoms with Crippen LogP contribution in [0.2, 0.25) is 0 Å². The number of oxime groups is 1. The van der Waals surface area contributed by atoms with Crippen LogP contribution in [0.3, 0.4) is 0 Å². The average Bonchev–Trinajstić information content (AvgIpc) is 2.34. The van der Waals surface area contributed by atoms with Gasteiger partial charge in [-0.15, -0.1) is 0 Å². The standard InChI is InChI=1S/C16H20N2O2/c1-11-7-6-8-12(9-11)10-13-14(17-20-5)18(15(13)19)16(2,3)4/h6-10H,1-5H3/b13-10+,17-14?. The van der Waals surface area contributed by atoms with E-state index in [4.69, 9.17) is 4.84 Å². The second-order valence-electron chi connectivity index (χ2n) is 5.88. The maximum Gasteiger partial charge on any atom is 0.263 e. The lowest BCUT2D eigenvalue weighted by Crippen LogP contribution is -2.60. The third-order valence-electron chi connectivity index (χ3n) is 3.09. The van der Waals surface area contributed by atoms with Gasteiger partial charge in [0.05, 0.1) is 5.57 Å². The summed E-state index contributed by atoms with van der Waals surface area (Å²) in [4.78, 5) is 18.8. The zero-order valence-electron chi connectivity index (χ0n) is 12.6. The van der Waals surface area contributed by atoms with Gasteiger partial charge in [-0.05, 0) is 39.3 Å². The van der Waals surface area contributed by atoms with Crippen LogP contribution in [-0.2, 0) is 9.63 Å². The van der Waals surface area contributed by atoms with Gasteiger partial charge < -0.3 is 4.84 Å². The number of amides is 1. The van der Waals surface area contributed by atoms with Crippen LogP contribution in [0.25, 0.3) is 6.08 Å². The van der Waals surface area contributed by atoms with Crippen LogP contribution in [0.4, 0.5) is 0 Å². The van der Waals surface area contributed by atoms with Crippen LogP contribution in [0.1, 0.15) is 31.9 Å². The molecule has 0 aromatic heterocycles. The summed E-state index contributed by atoms with van der Waals surface area (Å²) >= 11 is 0. The summed E-state index contributed by atoms with van der Waals surface area (Å²) in [5.74, 6) is 0.571. The summed E-state index contributed by atoms with van der Waals surface area (Å²) in [6.07, 6.45) is 1.86. The van der Waals surface area contributed by atoms with E-state index < -0.39 is 0 Å². The highest BCUT2D eigenvalue weighted by Crippen LogP contribution is 2.30. The fourth-order valence-corrected chi connectivity index (χ4v) is 2.23. The molecule has 1 aliphatic heterocycles. The number of rotatable bonds is 2. The van der Waals surface area contributed by atoms with Crippen molar-refractivity contribution in [1.82, 2.24) is 4.90 Å². The normalized spacial score (nSPS) is 19.4. The first-order valence-electron chi connectivity index (χ1n) is 6.59. The third kappa shape index (κ3) is 2.59. The Balaban J connectivity index is 2.38. The highest BCUT2D eigenvalue weighted by molar-refractivity contribution is 6.38. The largest absolute Gasteiger partial charge is 0.397 e. The van der Waals surface area contributed by atoms with Crippen molar-refractivity contribution in [3.05, 3.63) is 41.0 Å². The predicted octanol–water partition coefficient (Wildman–Crippen LogP) is 2.98. The van der Waals surface area contributed by atoms with Crippen molar-refractivity contribution < 1.29 is 9.63 Å². The van der Waals surface area contributed by atoms with Crippen LogP contribution < -0.4 is 0 Å². The Bertz CT molecular complexity index is 595. The van der Waals surface area contributed by atoms with Crippen molar-refractivity contribution in [2.24, 2.45) is 5.16 Å². The molecule has 0 aliphatic carbocycles. The van der Waals surface area contributed by atoms with Gasteiger partial charge in [-0.1, -0.05) is 35.0 Å². The molecular formula is C16H20N2O2. The van der Waals surface area contributed by atoms with E-state index in [1.807, 2.05) is 58.0 Å². The minimum Gasteiger partial charge on any atom is -0.397 e. The van der Waals surface area contributed by atoms with Crippen molar-refractivity contribution in [2.45, 2.75) is 33.2 Å². The Morgan fingerprint density at radius 1 is 1.30 bits per heavy atom. The fourth-order valence-electron chi connectivity index (χ4n) is 2.23. The molecule has 0 spiro atoms. The van der Waals surface area contributed by atoms with Gasteiger partial charge in [-0.3, -0.25) is 9.69 Å². The molecule has 0 radical (unpaired) electrons. The van der Waals surface area contributed by atoms with Gasteiger partial charge in [-0.25, -0.2) is 0 Å². The van der Waals surface area contributed by atoms with E-state index in [1.54, 1.807) is 4.90 Å². The first kappa shape index (κ1) is 14.3. The number of aryl methyl sites for hydroxylation is 1. The molecule has 1 heterocycles. The molecule has 1 fully saturated rings. The van der Waals surface area contributed by atoms with Gasteiger partial charge in [0.2, 0.25) is 0 Å². The molecule has 0 unspecified atom stereocenters. The summed E-state index contributed by atoms with van der Waals surface area (Å²) in [5.41, 5.74) is 2.43. The maximum atomic E-state index is 12.3. The number of hydrogen-bond acceptors (Lipinski definition) is 3. The summed E-state index contributed by atoms with van der Waals surface area (Å²) in [5, 5.41) is 3.98. The number of carbonyl (C=O) groups is 1. The number of likely N-dealkylation sites (tertiary alicyclic amines) is 1. The molecule has 1 aromatic carbocycles. The molecule has 1 amide bonds. The van der Waals surface area contributed by atoms with Crippen molar-refractivity contribution in [2.75, 3.05) is 7.11 Å². The van der Waals surface area contributed by atoms with E-state index in [9.17, 15) is 4.79 Å². The first-order chi connectivity index (χ1) is 9.34. The fraction of sp³-hybridized carbons (Fsp3) is 0.375. The number of carbonyl (C=O) groups excluding carboxylic acids is 1. The van der Waals surface area contributed by atoms with E-state index in [0.29, 0.717) is 11.4 Å². The number of benzene rings is 1. The molecule has 20 heavy (non-hydrogen) atoms. The number of β-lactam (4-membered cyclic amide) rings is 1. The monoisotopic (exact) mass is 272 g/mol. The minimum absolute atomic E-state index is 0.0187. The molecular weight excluding hydrogens is 252 g/mol. The van der Waals surface area contributed by atoms with Gasteiger partial charge in [0, 0.05) is 5.54 Å². The zero-order valence-corrected chi connectivity index (χ0v) is 12.6. The molecule has 0 N–H and O–H groups in total. The van der Waals surface area contributed by atoms with Gasteiger partial charge in [0.1, 0.15) is 7.11 Å². The summed E-state index contributed by atoms with van der Waals surface area (Å²) in [6.45, 7) is 7.94. The molecule has 4 heteroatoms. The van der Waals surface area contributed by atoms with Gasteiger partial charge in [0.25, 0.3) is 5.91 Å². The van der Waals surface area contributed by atoms with E-state index >= 15 is 0 Å². The van der Waals surface area contributed by atoms with Gasteiger partial charge in [0.15, 0.2) is 5.84 Å². The topological polar surface area (TPSA) is 41.9 Å². The van der Waals surface area contributed by atoms with Crippen molar-refractivity contribution >= 4 is 17.8 Å². The van der Waals surface area contributed by atoms with Crippen molar-refractivity contribution in [3.63, 3.8) is 0 Å². The smallest absolute Gasteiger partial charge is 0.263 e. The molecule has 0 saturated carbocycles. The number of amidine groups is 1. The van der Waals surface area contributed by atoms with E-state index in [0.717, 1.165) is 11.1 Å². The molecule has 1 aliphatic rings. The lowest BCUT2D eigenvalue weighted by atomic mass is 9.93. The van der Waals surface area contributed by atoms with Crippen LogP contribution in [0.15, 0.2) is 35.0 Å². The molecule has 0 atom stereocenters. The first-order valence-corrected chi connectivity index (χ1v) is 6.59. The Hall–Kier alpha value is -2.10. The van der Waals surface area contributed by atoms with Crippen LogP contribution in [0, 0.1) is 6.92 Å². The van der Waals surface area contributed by atoms with Crippen molar-refractivity contribution in [1.29, 1.82) is 0 Å². The molecule has 0 bridgehead atoms. The Morgan fingerprint density at radius 3 is 2.55 bits per heavy atom. The second-order valence-corrected chi connectivity index (χ2v) is 5.88. The lowest BCUT2D eigenvalue weighted by Gasteiger charge is -2.43.